The van der Waals surface area contributed by atoms with Gasteiger partial charge in [-0.2, -0.15) is 13.2 Å². The molecule has 1 aliphatic rings. The van der Waals surface area contributed by atoms with Gasteiger partial charge in [-0.3, -0.25) is 9.80 Å². The monoisotopic (exact) mass is 332 g/mol. The molecule has 0 aromatic heterocycles. The second kappa shape index (κ2) is 7.99. The first kappa shape index (κ1) is 18.0. The number of halogens is 3. The van der Waals surface area contributed by atoms with Crippen molar-refractivity contribution >= 4 is 0 Å². The Morgan fingerprint density at radius 1 is 1.09 bits per heavy atom. The summed E-state index contributed by atoms with van der Waals surface area (Å²) in [5.41, 5.74) is 1.05. The molecule has 2 rings (SSSR count). The van der Waals surface area contributed by atoms with Gasteiger partial charge < -0.3 is 9.84 Å². The average Bonchev–Trinajstić information content (AvgIpc) is 2.47. The van der Waals surface area contributed by atoms with Crippen LogP contribution in [-0.4, -0.2) is 66.5 Å². The maximum atomic E-state index is 12.1. The molecule has 0 radical (unpaired) electrons. The number of hydrogen-bond acceptors (Lipinski definition) is 4. The molecule has 0 spiro atoms. The number of rotatable bonds is 6. The minimum Gasteiger partial charge on any atom is -0.484 e. The van der Waals surface area contributed by atoms with Crippen LogP contribution in [0.4, 0.5) is 13.2 Å². The fraction of sp³-hybridized carbons (Fsp3) is 0.625. The van der Waals surface area contributed by atoms with Gasteiger partial charge in [-0.25, -0.2) is 0 Å². The van der Waals surface area contributed by atoms with Gasteiger partial charge in [0.1, 0.15) is 5.75 Å². The molecule has 1 N–H and O–H groups in total. The van der Waals surface area contributed by atoms with Crippen LogP contribution in [0.5, 0.6) is 5.75 Å². The number of piperazine rings is 1. The minimum absolute atomic E-state index is 0.229. The van der Waals surface area contributed by atoms with E-state index in [1.54, 1.807) is 31.2 Å². The molecule has 4 nitrogen and oxygen atoms in total. The molecule has 1 fully saturated rings. The van der Waals surface area contributed by atoms with Gasteiger partial charge in [-0.1, -0.05) is 12.1 Å². The van der Waals surface area contributed by atoms with Gasteiger partial charge in [-0.05, 0) is 24.6 Å². The van der Waals surface area contributed by atoms with Gasteiger partial charge >= 0.3 is 6.18 Å². The van der Waals surface area contributed by atoms with Crippen molar-refractivity contribution < 1.29 is 23.0 Å². The summed E-state index contributed by atoms with van der Waals surface area (Å²) >= 11 is 0. The summed E-state index contributed by atoms with van der Waals surface area (Å²) < 4.78 is 41.0. The summed E-state index contributed by atoms with van der Waals surface area (Å²) in [7, 11) is 0. The van der Waals surface area contributed by atoms with Crippen molar-refractivity contribution in [3.63, 3.8) is 0 Å². The third-order valence-electron chi connectivity index (χ3n) is 3.72. The van der Waals surface area contributed by atoms with Crippen LogP contribution in [0.25, 0.3) is 0 Å². The minimum atomic E-state index is -4.32. The highest BCUT2D eigenvalue weighted by atomic mass is 19.4. The zero-order chi connectivity index (χ0) is 16.9. The van der Waals surface area contributed by atoms with Crippen LogP contribution in [0.2, 0.25) is 0 Å². The van der Waals surface area contributed by atoms with Crippen molar-refractivity contribution in [2.45, 2.75) is 25.7 Å². The number of benzene rings is 1. The third-order valence-corrected chi connectivity index (χ3v) is 3.72. The summed E-state index contributed by atoms with van der Waals surface area (Å²) in [6, 6.07) is 6.75. The van der Waals surface area contributed by atoms with Crippen LogP contribution < -0.4 is 4.74 Å². The Bertz CT molecular complexity index is 469. The Morgan fingerprint density at radius 3 is 2.17 bits per heavy atom. The summed E-state index contributed by atoms with van der Waals surface area (Å²) in [6.07, 6.45) is -4.63. The number of aliphatic hydroxyl groups is 1. The number of alkyl halides is 3. The first-order valence-electron chi connectivity index (χ1n) is 7.73. The van der Waals surface area contributed by atoms with E-state index < -0.39 is 12.8 Å². The maximum absolute atomic E-state index is 12.1. The van der Waals surface area contributed by atoms with Crippen molar-refractivity contribution in [3.05, 3.63) is 29.8 Å². The van der Waals surface area contributed by atoms with E-state index in [4.69, 9.17) is 4.74 Å². The predicted molar refractivity (Wildman–Crippen MR) is 81.4 cm³/mol. The summed E-state index contributed by atoms with van der Waals surface area (Å²) in [6.45, 7) is 5.64. The van der Waals surface area contributed by atoms with E-state index in [0.29, 0.717) is 6.54 Å². The Labute approximate surface area is 134 Å². The number of aliphatic hydroxyl groups excluding tert-OH is 1. The smallest absolute Gasteiger partial charge is 0.422 e. The van der Waals surface area contributed by atoms with Crippen LogP contribution in [0.15, 0.2) is 24.3 Å². The molecule has 0 unspecified atom stereocenters. The molecule has 1 saturated heterocycles. The van der Waals surface area contributed by atoms with E-state index in [2.05, 4.69) is 9.80 Å². The van der Waals surface area contributed by atoms with E-state index in [0.717, 1.165) is 38.3 Å². The molecule has 7 heteroatoms. The number of hydrogen-bond donors (Lipinski definition) is 1. The summed E-state index contributed by atoms with van der Waals surface area (Å²) in [5, 5.41) is 9.39. The van der Waals surface area contributed by atoms with E-state index in [1.807, 2.05) is 0 Å². The van der Waals surface area contributed by atoms with Crippen molar-refractivity contribution in [2.75, 3.05) is 39.3 Å². The second-order valence-corrected chi connectivity index (χ2v) is 5.97. The predicted octanol–water partition coefficient (Wildman–Crippen LogP) is 2.13. The second-order valence-electron chi connectivity index (χ2n) is 5.97. The molecule has 0 amide bonds. The number of ether oxygens (including phenoxy) is 1. The molecular weight excluding hydrogens is 309 g/mol. The van der Waals surface area contributed by atoms with Crippen LogP contribution in [-0.2, 0) is 6.54 Å². The van der Waals surface area contributed by atoms with Crippen LogP contribution >= 0.6 is 0 Å². The molecular formula is C16H23F3N2O2. The van der Waals surface area contributed by atoms with E-state index in [-0.39, 0.29) is 11.9 Å². The zero-order valence-electron chi connectivity index (χ0n) is 13.2. The lowest BCUT2D eigenvalue weighted by Crippen LogP contribution is -2.47. The fourth-order valence-corrected chi connectivity index (χ4v) is 2.62. The van der Waals surface area contributed by atoms with E-state index >= 15 is 0 Å². The Hall–Kier alpha value is -1.31. The Morgan fingerprint density at radius 2 is 1.65 bits per heavy atom. The largest absolute Gasteiger partial charge is 0.484 e. The Kier molecular flexibility index (Phi) is 6.26. The first-order valence-corrected chi connectivity index (χ1v) is 7.73. The molecule has 1 aromatic rings. The van der Waals surface area contributed by atoms with Gasteiger partial charge in [-0.15, -0.1) is 0 Å². The molecule has 1 aromatic carbocycles. The quantitative estimate of drug-likeness (QED) is 0.866. The number of nitrogens with zero attached hydrogens (tertiary/aromatic N) is 2. The SMILES string of the molecule is C[C@H](O)CN1CCN(Cc2ccc(OCC(F)(F)F)cc2)CC1. The average molecular weight is 332 g/mol. The molecule has 1 atom stereocenters. The molecule has 1 heterocycles. The van der Waals surface area contributed by atoms with Gasteiger partial charge in [0.2, 0.25) is 0 Å². The summed E-state index contributed by atoms with van der Waals surface area (Å²) in [5.74, 6) is 0.229. The molecule has 0 saturated carbocycles. The lowest BCUT2D eigenvalue weighted by molar-refractivity contribution is -0.153. The third kappa shape index (κ3) is 6.76. The molecule has 0 aliphatic carbocycles. The normalized spacial score (nSPS) is 18.8. The highest BCUT2D eigenvalue weighted by Gasteiger charge is 2.28. The van der Waals surface area contributed by atoms with Crippen molar-refractivity contribution in [3.8, 4) is 5.75 Å². The summed E-state index contributed by atoms with van der Waals surface area (Å²) in [4.78, 5) is 4.53. The van der Waals surface area contributed by atoms with Gasteiger partial charge in [0.25, 0.3) is 0 Å². The lowest BCUT2D eigenvalue weighted by atomic mass is 10.2. The molecule has 0 bridgehead atoms. The fourth-order valence-electron chi connectivity index (χ4n) is 2.62. The maximum Gasteiger partial charge on any atom is 0.422 e. The molecule has 23 heavy (non-hydrogen) atoms. The zero-order valence-corrected chi connectivity index (χ0v) is 13.2. The van der Waals surface area contributed by atoms with E-state index in [1.165, 1.54) is 0 Å². The van der Waals surface area contributed by atoms with Crippen molar-refractivity contribution in [2.24, 2.45) is 0 Å². The van der Waals surface area contributed by atoms with Crippen LogP contribution in [0.1, 0.15) is 12.5 Å². The van der Waals surface area contributed by atoms with E-state index in [9.17, 15) is 18.3 Å². The first-order chi connectivity index (χ1) is 10.8. The highest BCUT2D eigenvalue weighted by molar-refractivity contribution is 5.27. The van der Waals surface area contributed by atoms with Crippen LogP contribution in [0, 0.1) is 0 Å². The highest BCUT2D eigenvalue weighted by Crippen LogP contribution is 2.19. The van der Waals surface area contributed by atoms with Crippen LogP contribution in [0.3, 0.4) is 0 Å². The lowest BCUT2D eigenvalue weighted by Gasteiger charge is -2.35. The molecule has 130 valence electrons. The molecule has 1 aliphatic heterocycles. The Balaban J connectivity index is 1.76. The van der Waals surface area contributed by atoms with Crippen molar-refractivity contribution in [1.82, 2.24) is 9.80 Å². The van der Waals surface area contributed by atoms with Gasteiger partial charge in [0, 0.05) is 39.3 Å². The standard InChI is InChI=1S/C16H23F3N2O2/c1-13(22)10-20-6-8-21(9-7-20)11-14-2-4-15(5-3-14)23-12-16(17,18)19/h2-5,13,22H,6-12H2,1H3/t13-/m0/s1. The van der Waals surface area contributed by atoms with Gasteiger partial charge in [0.05, 0.1) is 6.10 Å². The number of β-amino-alcohol motifs (C(OH)–C–C–N with tert-alkyl or cyclic N) is 1. The van der Waals surface area contributed by atoms with Gasteiger partial charge in [0.15, 0.2) is 6.61 Å². The topological polar surface area (TPSA) is 35.9 Å². The van der Waals surface area contributed by atoms with Crippen molar-refractivity contribution in [1.29, 1.82) is 0 Å².